The van der Waals surface area contributed by atoms with Crippen molar-refractivity contribution >= 4 is 5.78 Å². The number of carbonyl (C=O) groups excluding carboxylic acids is 1. The molecule has 108 valence electrons. The van der Waals surface area contributed by atoms with Crippen LogP contribution in [0.2, 0.25) is 0 Å². The molecule has 0 saturated heterocycles. The third-order valence-corrected chi connectivity index (χ3v) is 4.30. The third kappa shape index (κ3) is 2.48. The number of benzene rings is 1. The second-order valence-electron chi connectivity index (χ2n) is 6.74. The van der Waals surface area contributed by atoms with Gasteiger partial charge in [0.1, 0.15) is 0 Å². The molecule has 0 spiro atoms. The number of carbonyl (C=O) groups is 1. The number of aryl methyl sites for hydroxylation is 1. The smallest absolute Gasteiger partial charge is 0.166 e. The van der Waals surface area contributed by atoms with Crippen molar-refractivity contribution < 1.29 is 4.79 Å². The SMILES string of the molecule is Cc1cccc(-c2ncc3c(n2)CC(C)(C)CC3=O)c1C. The van der Waals surface area contributed by atoms with E-state index in [1.807, 2.05) is 12.1 Å². The summed E-state index contributed by atoms with van der Waals surface area (Å²) in [5.41, 5.74) is 5.04. The summed E-state index contributed by atoms with van der Waals surface area (Å²) in [6, 6.07) is 6.15. The van der Waals surface area contributed by atoms with Crippen LogP contribution < -0.4 is 0 Å². The summed E-state index contributed by atoms with van der Waals surface area (Å²) in [4.78, 5) is 21.3. The Labute approximate surface area is 125 Å². The number of fused-ring (bicyclic) bond motifs is 1. The maximum absolute atomic E-state index is 12.2. The lowest BCUT2D eigenvalue weighted by molar-refractivity contribution is 0.0910. The Balaban J connectivity index is 2.12. The zero-order chi connectivity index (χ0) is 15.2. The van der Waals surface area contributed by atoms with E-state index in [4.69, 9.17) is 4.98 Å². The van der Waals surface area contributed by atoms with E-state index in [1.165, 1.54) is 11.1 Å². The monoisotopic (exact) mass is 280 g/mol. The van der Waals surface area contributed by atoms with E-state index in [2.05, 4.69) is 38.7 Å². The first-order valence-electron chi connectivity index (χ1n) is 7.33. The molecule has 1 aliphatic carbocycles. The molecule has 0 saturated carbocycles. The second-order valence-corrected chi connectivity index (χ2v) is 6.74. The van der Waals surface area contributed by atoms with Crippen molar-refractivity contribution in [3.05, 3.63) is 46.8 Å². The van der Waals surface area contributed by atoms with Crippen LogP contribution in [-0.4, -0.2) is 15.8 Å². The molecule has 0 radical (unpaired) electrons. The zero-order valence-corrected chi connectivity index (χ0v) is 13.0. The molecule has 21 heavy (non-hydrogen) atoms. The van der Waals surface area contributed by atoms with Crippen LogP contribution in [-0.2, 0) is 6.42 Å². The molecular formula is C18H20N2O. The molecule has 3 nitrogen and oxygen atoms in total. The van der Waals surface area contributed by atoms with Gasteiger partial charge in [0.05, 0.1) is 11.3 Å². The zero-order valence-electron chi connectivity index (χ0n) is 13.0. The van der Waals surface area contributed by atoms with E-state index >= 15 is 0 Å². The predicted molar refractivity (Wildman–Crippen MR) is 83.4 cm³/mol. The van der Waals surface area contributed by atoms with Crippen molar-refractivity contribution in [1.29, 1.82) is 0 Å². The lowest BCUT2D eigenvalue weighted by Crippen LogP contribution is -2.28. The van der Waals surface area contributed by atoms with Crippen LogP contribution in [0.15, 0.2) is 24.4 Å². The predicted octanol–water partition coefficient (Wildman–Crippen LogP) is 3.92. The molecule has 0 N–H and O–H groups in total. The molecule has 0 aliphatic heterocycles. The topological polar surface area (TPSA) is 42.9 Å². The first-order chi connectivity index (χ1) is 9.87. The molecule has 2 aromatic rings. The summed E-state index contributed by atoms with van der Waals surface area (Å²) in [6.45, 7) is 8.41. The fourth-order valence-corrected chi connectivity index (χ4v) is 2.95. The molecule has 1 aromatic carbocycles. The van der Waals surface area contributed by atoms with Gasteiger partial charge in [0, 0.05) is 18.2 Å². The summed E-state index contributed by atoms with van der Waals surface area (Å²) in [5.74, 6) is 0.884. The number of ketones is 1. The quantitative estimate of drug-likeness (QED) is 0.795. The summed E-state index contributed by atoms with van der Waals surface area (Å²) in [7, 11) is 0. The highest BCUT2D eigenvalue weighted by atomic mass is 16.1. The van der Waals surface area contributed by atoms with Gasteiger partial charge in [-0.05, 0) is 36.8 Å². The molecular weight excluding hydrogens is 260 g/mol. The van der Waals surface area contributed by atoms with Crippen molar-refractivity contribution in [3.8, 4) is 11.4 Å². The minimum atomic E-state index is -0.0165. The van der Waals surface area contributed by atoms with Crippen LogP contribution in [0.3, 0.4) is 0 Å². The number of hydrogen-bond donors (Lipinski definition) is 0. The Morgan fingerprint density at radius 2 is 1.86 bits per heavy atom. The van der Waals surface area contributed by atoms with Crippen LogP contribution in [0, 0.1) is 19.3 Å². The Morgan fingerprint density at radius 3 is 2.62 bits per heavy atom. The van der Waals surface area contributed by atoms with E-state index in [0.717, 1.165) is 23.5 Å². The average Bonchev–Trinajstić information content (AvgIpc) is 2.40. The highest BCUT2D eigenvalue weighted by molar-refractivity contribution is 5.98. The van der Waals surface area contributed by atoms with Gasteiger partial charge in [-0.2, -0.15) is 0 Å². The molecule has 1 aromatic heterocycles. The van der Waals surface area contributed by atoms with Gasteiger partial charge in [-0.3, -0.25) is 4.79 Å². The van der Waals surface area contributed by atoms with E-state index in [0.29, 0.717) is 12.0 Å². The first kappa shape index (κ1) is 13.9. The maximum atomic E-state index is 12.2. The molecule has 3 rings (SSSR count). The summed E-state index contributed by atoms with van der Waals surface area (Å²) < 4.78 is 0. The fourth-order valence-electron chi connectivity index (χ4n) is 2.95. The standard InChI is InChI=1S/C18H20N2O/c1-11-6-5-7-13(12(11)2)17-19-10-14-15(20-17)8-18(3,4)9-16(14)21/h5-7,10H,8-9H2,1-4H3. The van der Waals surface area contributed by atoms with E-state index in [9.17, 15) is 4.79 Å². The van der Waals surface area contributed by atoms with Crippen molar-refractivity contribution in [2.45, 2.75) is 40.5 Å². The van der Waals surface area contributed by atoms with Gasteiger partial charge in [0.2, 0.25) is 0 Å². The van der Waals surface area contributed by atoms with E-state index in [1.54, 1.807) is 6.20 Å². The highest BCUT2D eigenvalue weighted by Gasteiger charge is 2.32. The van der Waals surface area contributed by atoms with Gasteiger partial charge in [0.25, 0.3) is 0 Å². The summed E-state index contributed by atoms with van der Waals surface area (Å²) >= 11 is 0. The number of hydrogen-bond acceptors (Lipinski definition) is 3. The second kappa shape index (κ2) is 4.76. The lowest BCUT2D eigenvalue weighted by Gasteiger charge is -2.29. The number of rotatable bonds is 1. The van der Waals surface area contributed by atoms with Crippen molar-refractivity contribution in [1.82, 2.24) is 9.97 Å². The Hall–Kier alpha value is -2.03. The van der Waals surface area contributed by atoms with E-state index in [-0.39, 0.29) is 11.2 Å². The van der Waals surface area contributed by atoms with Crippen LogP contribution in [0.25, 0.3) is 11.4 Å². The van der Waals surface area contributed by atoms with Gasteiger partial charge < -0.3 is 0 Å². The number of nitrogens with zero attached hydrogens (tertiary/aromatic N) is 2. The van der Waals surface area contributed by atoms with Crippen molar-refractivity contribution in [3.63, 3.8) is 0 Å². The minimum absolute atomic E-state index is 0.0165. The highest BCUT2D eigenvalue weighted by Crippen LogP contribution is 2.34. The van der Waals surface area contributed by atoms with Gasteiger partial charge in [-0.15, -0.1) is 0 Å². The molecule has 0 fully saturated rings. The van der Waals surface area contributed by atoms with Crippen LogP contribution in [0.5, 0.6) is 0 Å². The molecule has 0 atom stereocenters. The minimum Gasteiger partial charge on any atom is -0.294 e. The maximum Gasteiger partial charge on any atom is 0.166 e. The van der Waals surface area contributed by atoms with Gasteiger partial charge in [0.15, 0.2) is 11.6 Å². The largest absolute Gasteiger partial charge is 0.294 e. The molecule has 0 amide bonds. The van der Waals surface area contributed by atoms with Gasteiger partial charge >= 0.3 is 0 Å². The third-order valence-electron chi connectivity index (χ3n) is 4.30. The van der Waals surface area contributed by atoms with Gasteiger partial charge in [-0.25, -0.2) is 9.97 Å². The number of aromatic nitrogens is 2. The van der Waals surface area contributed by atoms with Gasteiger partial charge in [-0.1, -0.05) is 32.0 Å². The van der Waals surface area contributed by atoms with Crippen LogP contribution >= 0.6 is 0 Å². The van der Waals surface area contributed by atoms with Crippen LogP contribution in [0.1, 0.15) is 47.4 Å². The fraction of sp³-hybridized carbons (Fsp3) is 0.389. The molecule has 3 heteroatoms. The molecule has 1 heterocycles. The molecule has 0 bridgehead atoms. The summed E-state index contributed by atoms with van der Waals surface area (Å²) in [5, 5.41) is 0. The summed E-state index contributed by atoms with van der Waals surface area (Å²) in [6.07, 6.45) is 3.11. The normalized spacial score (nSPS) is 16.7. The van der Waals surface area contributed by atoms with Crippen molar-refractivity contribution in [2.24, 2.45) is 5.41 Å². The Morgan fingerprint density at radius 1 is 1.10 bits per heavy atom. The lowest BCUT2D eigenvalue weighted by atomic mass is 9.76. The molecule has 1 aliphatic rings. The first-order valence-corrected chi connectivity index (χ1v) is 7.33. The Bertz CT molecular complexity index is 732. The van der Waals surface area contributed by atoms with Crippen LogP contribution in [0.4, 0.5) is 0 Å². The van der Waals surface area contributed by atoms with Crippen molar-refractivity contribution in [2.75, 3.05) is 0 Å². The molecule has 0 unspecified atom stereocenters. The Kier molecular flexibility index (Phi) is 3.16. The average molecular weight is 280 g/mol. The van der Waals surface area contributed by atoms with E-state index < -0.39 is 0 Å². The number of Topliss-reactive ketones (excluding diaryl/α,β-unsaturated/α-hetero) is 1.